The van der Waals surface area contributed by atoms with E-state index in [1.54, 1.807) is 0 Å². The number of nitrogens with one attached hydrogen (secondary N) is 1. The van der Waals surface area contributed by atoms with Crippen LogP contribution >= 0.6 is 0 Å². The van der Waals surface area contributed by atoms with Crippen molar-refractivity contribution in [3.63, 3.8) is 0 Å². The Morgan fingerprint density at radius 3 is 1.59 bits per heavy atom. The fourth-order valence-corrected chi connectivity index (χ4v) is 4.87. The van der Waals surface area contributed by atoms with Crippen molar-refractivity contribution >= 4 is 11.6 Å². The number of unbranched alkanes of at least 4 members (excludes halogenated alkanes) is 17. The minimum Gasteiger partial charge on any atom is -0.285 e. The molecule has 32 heavy (non-hydrogen) atoms. The first kappa shape index (κ1) is 26.7. The van der Waals surface area contributed by atoms with Crippen LogP contribution < -0.4 is 10.4 Å². The van der Waals surface area contributed by atoms with Crippen molar-refractivity contribution in [3.8, 4) is 0 Å². The lowest BCUT2D eigenvalue weighted by molar-refractivity contribution is -0.122. The van der Waals surface area contributed by atoms with Gasteiger partial charge in [-0.05, 0) is 18.6 Å². The highest BCUT2D eigenvalue weighted by Gasteiger charge is 2.29. The van der Waals surface area contributed by atoms with Crippen molar-refractivity contribution in [1.29, 1.82) is 0 Å². The first-order chi connectivity index (χ1) is 15.8. The van der Waals surface area contributed by atoms with E-state index in [4.69, 9.17) is 0 Å². The largest absolute Gasteiger partial charge is 0.285 e. The van der Waals surface area contributed by atoms with Gasteiger partial charge in [-0.15, -0.1) is 0 Å². The van der Waals surface area contributed by atoms with Gasteiger partial charge in [-0.1, -0.05) is 141 Å². The molecule has 1 aromatic rings. The molecule has 1 aromatic carbocycles. The van der Waals surface area contributed by atoms with Gasteiger partial charge in [0.1, 0.15) is 0 Å². The molecule has 0 bridgehead atoms. The number of benzene rings is 1. The van der Waals surface area contributed by atoms with Crippen LogP contribution in [0.5, 0.6) is 0 Å². The highest BCUT2D eigenvalue weighted by atomic mass is 16.2. The summed E-state index contributed by atoms with van der Waals surface area (Å²) in [7, 11) is 0. The Kier molecular flexibility index (Phi) is 15.0. The van der Waals surface area contributed by atoms with Crippen LogP contribution in [0.25, 0.3) is 0 Å². The molecule has 182 valence electrons. The van der Waals surface area contributed by atoms with Crippen LogP contribution in [0.1, 0.15) is 129 Å². The summed E-state index contributed by atoms with van der Waals surface area (Å²) >= 11 is 0. The van der Waals surface area contributed by atoms with Crippen LogP contribution in [0.15, 0.2) is 30.3 Å². The Morgan fingerprint density at radius 2 is 1.12 bits per heavy atom. The summed E-state index contributed by atoms with van der Waals surface area (Å²) in [5.74, 6) is 0.345. The minimum atomic E-state index is 0.149. The molecule has 1 N–H and O–H groups in total. The molecule has 3 nitrogen and oxygen atoms in total. The minimum absolute atomic E-state index is 0.149. The second-order valence-corrected chi connectivity index (χ2v) is 9.92. The van der Waals surface area contributed by atoms with Crippen LogP contribution in [0.2, 0.25) is 0 Å². The first-order valence-electron chi connectivity index (χ1n) is 13.9. The zero-order chi connectivity index (χ0) is 22.7. The van der Waals surface area contributed by atoms with Gasteiger partial charge in [0.05, 0.1) is 18.2 Å². The quantitative estimate of drug-likeness (QED) is 0.205. The second-order valence-electron chi connectivity index (χ2n) is 9.92. The summed E-state index contributed by atoms with van der Waals surface area (Å²) in [6.45, 7) is 3.10. The SMILES string of the molecule is CCCCCCCCCCCCCCCCCCCCC1CN(c2ccccc2)NC1=O. The van der Waals surface area contributed by atoms with Gasteiger partial charge in [-0.3, -0.25) is 15.2 Å². The summed E-state index contributed by atoms with van der Waals surface area (Å²) in [6, 6.07) is 10.2. The van der Waals surface area contributed by atoms with Gasteiger partial charge < -0.3 is 0 Å². The summed E-state index contributed by atoms with van der Waals surface area (Å²) < 4.78 is 0. The van der Waals surface area contributed by atoms with E-state index < -0.39 is 0 Å². The predicted octanol–water partition coefficient (Wildman–Crippen LogP) is 8.59. The van der Waals surface area contributed by atoms with Crippen LogP contribution in [-0.4, -0.2) is 12.5 Å². The van der Waals surface area contributed by atoms with Crippen molar-refractivity contribution in [1.82, 2.24) is 5.43 Å². The third kappa shape index (κ3) is 11.9. The lowest BCUT2D eigenvalue weighted by atomic mass is 9.99. The number of carbonyl (C=O) groups is 1. The van der Waals surface area contributed by atoms with Gasteiger partial charge in [0, 0.05) is 0 Å². The van der Waals surface area contributed by atoms with Crippen LogP contribution in [0.3, 0.4) is 0 Å². The average Bonchev–Trinajstić information content (AvgIpc) is 3.19. The number of nitrogens with zero attached hydrogens (tertiary/aromatic N) is 1. The number of hydrazine groups is 1. The summed E-state index contributed by atoms with van der Waals surface area (Å²) in [4.78, 5) is 12.2. The molecule has 0 saturated carbocycles. The third-order valence-electron chi connectivity index (χ3n) is 6.99. The van der Waals surface area contributed by atoms with Gasteiger partial charge >= 0.3 is 0 Å². The summed E-state index contributed by atoms with van der Waals surface area (Å²) in [6.07, 6.45) is 26.2. The third-order valence-corrected chi connectivity index (χ3v) is 6.99. The Balaban J connectivity index is 1.31. The van der Waals surface area contributed by atoms with Gasteiger partial charge in [0.25, 0.3) is 0 Å². The monoisotopic (exact) mass is 442 g/mol. The zero-order valence-electron chi connectivity index (χ0n) is 21.0. The van der Waals surface area contributed by atoms with E-state index in [1.165, 1.54) is 116 Å². The molecule has 1 aliphatic heterocycles. The Hall–Kier alpha value is -1.51. The molecule has 2 rings (SSSR count). The van der Waals surface area contributed by atoms with Gasteiger partial charge in [0.15, 0.2) is 0 Å². The molecular weight excluding hydrogens is 392 g/mol. The molecule has 1 heterocycles. The molecule has 1 fully saturated rings. The van der Waals surface area contributed by atoms with E-state index in [9.17, 15) is 4.79 Å². The molecule has 1 unspecified atom stereocenters. The van der Waals surface area contributed by atoms with E-state index in [0.717, 1.165) is 18.7 Å². The van der Waals surface area contributed by atoms with Crippen molar-refractivity contribution in [3.05, 3.63) is 30.3 Å². The molecule has 1 amide bonds. The first-order valence-corrected chi connectivity index (χ1v) is 13.9. The summed E-state index contributed by atoms with van der Waals surface area (Å²) in [5.41, 5.74) is 4.11. The zero-order valence-corrected chi connectivity index (χ0v) is 21.0. The van der Waals surface area contributed by atoms with Crippen molar-refractivity contribution in [2.75, 3.05) is 11.6 Å². The maximum atomic E-state index is 12.2. The summed E-state index contributed by atoms with van der Waals surface area (Å²) in [5, 5.41) is 2.00. The van der Waals surface area contributed by atoms with Crippen molar-refractivity contribution < 1.29 is 4.79 Å². The molecule has 0 aromatic heterocycles. The van der Waals surface area contributed by atoms with Crippen molar-refractivity contribution in [2.24, 2.45) is 5.92 Å². The standard InChI is InChI=1S/C29H50N2O/c1-2-3-4-5-6-7-8-9-10-11-12-13-14-15-16-17-18-20-23-27-26-31(30-29(27)32)28-24-21-19-22-25-28/h19,21-22,24-25,27H,2-18,20,23,26H2,1H3,(H,30,32). The van der Waals surface area contributed by atoms with E-state index >= 15 is 0 Å². The number of hydrogen-bond donors (Lipinski definition) is 1. The Morgan fingerprint density at radius 1 is 0.688 bits per heavy atom. The maximum Gasteiger partial charge on any atom is 0.243 e. The van der Waals surface area contributed by atoms with E-state index in [-0.39, 0.29) is 11.8 Å². The number of para-hydroxylation sites is 1. The number of anilines is 1. The highest BCUT2D eigenvalue weighted by molar-refractivity contribution is 5.84. The smallest absolute Gasteiger partial charge is 0.243 e. The number of rotatable bonds is 20. The van der Waals surface area contributed by atoms with Gasteiger partial charge in [-0.2, -0.15) is 0 Å². The molecule has 0 aliphatic carbocycles. The number of hydrogen-bond acceptors (Lipinski definition) is 2. The molecule has 1 saturated heterocycles. The Labute approximate surface area is 198 Å². The molecule has 3 heteroatoms. The molecule has 1 atom stereocenters. The number of amides is 1. The normalized spacial score (nSPS) is 16.0. The van der Waals surface area contributed by atoms with Crippen molar-refractivity contribution in [2.45, 2.75) is 129 Å². The molecule has 0 spiro atoms. The topological polar surface area (TPSA) is 32.3 Å². The Bertz CT molecular complexity index is 574. The van der Waals surface area contributed by atoms with E-state index in [2.05, 4.69) is 24.5 Å². The van der Waals surface area contributed by atoms with Gasteiger partial charge in [-0.25, -0.2) is 0 Å². The number of carbonyl (C=O) groups excluding carboxylic acids is 1. The highest BCUT2D eigenvalue weighted by Crippen LogP contribution is 2.22. The lowest BCUT2D eigenvalue weighted by Gasteiger charge is -2.17. The lowest BCUT2D eigenvalue weighted by Crippen LogP contribution is -2.32. The molecule has 0 radical (unpaired) electrons. The van der Waals surface area contributed by atoms with Gasteiger partial charge in [0.2, 0.25) is 5.91 Å². The second kappa shape index (κ2) is 18.0. The molecule has 1 aliphatic rings. The fraction of sp³-hybridized carbons (Fsp3) is 0.759. The average molecular weight is 443 g/mol. The predicted molar refractivity (Wildman–Crippen MR) is 139 cm³/mol. The van der Waals surface area contributed by atoms with Crippen LogP contribution in [0, 0.1) is 5.92 Å². The van der Waals surface area contributed by atoms with Crippen LogP contribution in [-0.2, 0) is 4.79 Å². The van der Waals surface area contributed by atoms with Crippen LogP contribution in [0.4, 0.5) is 5.69 Å². The maximum absolute atomic E-state index is 12.2. The molecular formula is C29H50N2O. The van der Waals surface area contributed by atoms with E-state index in [1.807, 2.05) is 23.2 Å². The van der Waals surface area contributed by atoms with E-state index in [0.29, 0.717) is 0 Å². The fourth-order valence-electron chi connectivity index (χ4n) is 4.87.